The normalized spacial score (nSPS) is 29.1. The molecule has 1 aliphatic heterocycles. The number of esters is 1. The quantitative estimate of drug-likeness (QED) is 0.617. The second-order valence-corrected chi connectivity index (χ2v) is 5.35. The van der Waals surface area contributed by atoms with Gasteiger partial charge in [-0.25, -0.2) is 4.79 Å². The van der Waals surface area contributed by atoms with E-state index in [9.17, 15) is 4.79 Å². The molecular weight excluding hydrogens is 240 g/mol. The number of ether oxygens (including phenoxy) is 2. The number of epoxide rings is 1. The van der Waals surface area contributed by atoms with Crippen molar-refractivity contribution in [1.82, 2.24) is 0 Å². The van der Waals surface area contributed by atoms with Crippen LogP contribution in [0, 0.1) is 13.8 Å². The van der Waals surface area contributed by atoms with E-state index in [-0.39, 0.29) is 5.97 Å². The second kappa shape index (κ2) is 4.64. The molecule has 1 aliphatic rings. The average molecular weight is 262 g/mol. The van der Waals surface area contributed by atoms with Crippen LogP contribution in [-0.4, -0.2) is 18.2 Å². The van der Waals surface area contributed by atoms with Crippen LogP contribution in [0.1, 0.15) is 43.9 Å². The highest BCUT2D eigenvalue weighted by molar-refractivity contribution is 5.85. The van der Waals surface area contributed by atoms with Gasteiger partial charge in [-0.1, -0.05) is 30.7 Å². The summed E-state index contributed by atoms with van der Waals surface area (Å²) in [6.45, 7) is 10.2. The maximum atomic E-state index is 12.2. The van der Waals surface area contributed by atoms with E-state index in [0.717, 1.165) is 11.1 Å². The molecule has 1 fully saturated rings. The van der Waals surface area contributed by atoms with Crippen molar-refractivity contribution in [3.8, 4) is 0 Å². The number of carbonyl (C=O) groups excluding carboxylic acids is 1. The van der Waals surface area contributed by atoms with Crippen LogP contribution in [0.25, 0.3) is 0 Å². The molecule has 0 bridgehead atoms. The van der Waals surface area contributed by atoms with Crippen molar-refractivity contribution in [2.75, 3.05) is 6.61 Å². The van der Waals surface area contributed by atoms with Crippen molar-refractivity contribution in [2.45, 2.75) is 52.2 Å². The highest BCUT2D eigenvalue weighted by Gasteiger charge is 2.72. The summed E-state index contributed by atoms with van der Waals surface area (Å²) in [5.41, 5.74) is 2.02. The Hall–Kier alpha value is -1.35. The maximum Gasteiger partial charge on any atom is 0.341 e. The van der Waals surface area contributed by atoms with Gasteiger partial charge in [0.1, 0.15) is 5.60 Å². The first-order valence-corrected chi connectivity index (χ1v) is 6.86. The summed E-state index contributed by atoms with van der Waals surface area (Å²) in [5, 5.41) is 0. The van der Waals surface area contributed by atoms with Gasteiger partial charge in [0.2, 0.25) is 0 Å². The van der Waals surface area contributed by atoms with Gasteiger partial charge < -0.3 is 9.47 Å². The monoisotopic (exact) mass is 262 g/mol. The molecule has 1 aromatic carbocycles. The van der Waals surface area contributed by atoms with Crippen LogP contribution in [0.4, 0.5) is 0 Å². The molecule has 2 unspecified atom stereocenters. The molecule has 3 heteroatoms. The summed E-state index contributed by atoms with van der Waals surface area (Å²) in [4.78, 5) is 12.2. The number of benzene rings is 1. The fourth-order valence-electron chi connectivity index (χ4n) is 2.88. The minimum absolute atomic E-state index is 0.249. The minimum Gasteiger partial charge on any atom is -0.464 e. The summed E-state index contributed by atoms with van der Waals surface area (Å²) < 4.78 is 11.1. The van der Waals surface area contributed by atoms with E-state index in [4.69, 9.17) is 9.47 Å². The molecule has 0 N–H and O–H groups in total. The minimum atomic E-state index is -0.818. The lowest BCUT2D eigenvalue weighted by Gasteiger charge is -2.17. The Labute approximate surface area is 114 Å². The highest BCUT2D eigenvalue weighted by Crippen LogP contribution is 2.58. The number of carbonyl (C=O) groups is 1. The molecule has 0 saturated carbocycles. The summed E-state index contributed by atoms with van der Waals surface area (Å²) in [6.07, 6.45) is 0.621. The standard InChI is InChI=1S/C16H22O3/c1-6-16(14(17)18-7-2)15(5,19-16)13-10-11(3)8-9-12(13)4/h8-10H,6-7H2,1-5H3. The molecule has 0 radical (unpaired) electrons. The van der Waals surface area contributed by atoms with Crippen LogP contribution in [0.2, 0.25) is 0 Å². The topological polar surface area (TPSA) is 38.8 Å². The molecule has 0 amide bonds. The lowest BCUT2D eigenvalue weighted by atomic mass is 9.83. The number of hydrogen-bond acceptors (Lipinski definition) is 3. The van der Waals surface area contributed by atoms with Crippen molar-refractivity contribution in [1.29, 1.82) is 0 Å². The molecular formula is C16H22O3. The van der Waals surface area contributed by atoms with Crippen molar-refractivity contribution < 1.29 is 14.3 Å². The van der Waals surface area contributed by atoms with E-state index in [1.807, 2.05) is 34.6 Å². The Bertz CT molecular complexity index is 509. The van der Waals surface area contributed by atoms with Gasteiger partial charge in [0, 0.05) is 0 Å². The molecule has 1 aromatic rings. The first-order chi connectivity index (χ1) is 8.91. The molecule has 1 saturated heterocycles. The van der Waals surface area contributed by atoms with Gasteiger partial charge in [-0.2, -0.15) is 0 Å². The molecule has 0 aliphatic carbocycles. The lowest BCUT2D eigenvalue weighted by Crippen LogP contribution is -2.33. The maximum absolute atomic E-state index is 12.2. The predicted molar refractivity (Wildman–Crippen MR) is 74.0 cm³/mol. The van der Waals surface area contributed by atoms with Crippen LogP contribution in [0.5, 0.6) is 0 Å². The Morgan fingerprint density at radius 1 is 1.32 bits per heavy atom. The van der Waals surface area contributed by atoms with Gasteiger partial charge in [0.15, 0.2) is 5.60 Å². The summed E-state index contributed by atoms with van der Waals surface area (Å²) >= 11 is 0. The smallest absolute Gasteiger partial charge is 0.341 e. The van der Waals surface area contributed by atoms with E-state index in [0.29, 0.717) is 13.0 Å². The Morgan fingerprint density at radius 2 is 2.00 bits per heavy atom. The predicted octanol–water partition coefficient (Wildman–Crippen LogP) is 3.26. The number of hydrogen-bond donors (Lipinski definition) is 0. The van der Waals surface area contributed by atoms with Crippen molar-refractivity contribution in [3.63, 3.8) is 0 Å². The third-order valence-corrected chi connectivity index (χ3v) is 4.12. The van der Waals surface area contributed by atoms with E-state index in [2.05, 4.69) is 18.2 Å². The highest BCUT2D eigenvalue weighted by atomic mass is 16.7. The van der Waals surface area contributed by atoms with Crippen molar-refractivity contribution in [2.24, 2.45) is 0 Å². The fraction of sp³-hybridized carbons (Fsp3) is 0.562. The Morgan fingerprint density at radius 3 is 2.58 bits per heavy atom. The summed E-state index contributed by atoms with van der Waals surface area (Å²) in [6, 6.07) is 6.25. The van der Waals surface area contributed by atoms with E-state index >= 15 is 0 Å². The SMILES string of the molecule is CCOC(=O)C1(CC)OC1(C)c1cc(C)ccc1C. The average Bonchev–Trinajstić information content (AvgIpc) is 3.01. The van der Waals surface area contributed by atoms with E-state index in [1.54, 1.807) is 0 Å². The zero-order chi connectivity index (χ0) is 14.3. The Balaban J connectivity index is 2.40. The molecule has 0 aromatic heterocycles. The van der Waals surface area contributed by atoms with E-state index < -0.39 is 11.2 Å². The number of aryl methyl sites for hydroxylation is 2. The zero-order valence-corrected chi connectivity index (χ0v) is 12.4. The fourth-order valence-corrected chi connectivity index (χ4v) is 2.88. The van der Waals surface area contributed by atoms with Gasteiger partial charge in [-0.05, 0) is 45.2 Å². The molecule has 2 rings (SSSR count). The van der Waals surface area contributed by atoms with Crippen molar-refractivity contribution in [3.05, 3.63) is 34.9 Å². The molecule has 3 nitrogen and oxygen atoms in total. The van der Waals surface area contributed by atoms with Crippen LogP contribution in [0.3, 0.4) is 0 Å². The molecule has 104 valence electrons. The summed E-state index contributed by atoms with van der Waals surface area (Å²) in [5.74, 6) is -0.249. The van der Waals surface area contributed by atoms with Gasteiger partial charge in [0.05, 0.1) is 6.61 Å². The molecule has 2 atom stereocenters. The molecule has 0 spiro atoms. The van der Waals surface area contributed by atoms with Crippen LogP contribution >= 0.6 is 0 Å². The second-order valence-electron chi connectivity index (χ2n) is 5.35. The van der Waals surface area contributed by atoms with Gasteiger partial charge in [-0.15, -0.1) is 0 Å². The van der Waals surface area contributed by atoms with Gasteiger partial charge in [0.25, 0.3) is 0 Å². The Kier molecular flexibility index (Phi) is 3.43. The van der Waals surface area contributed by atoms with Crippen LogP contribution in [-0.2, 0) is 19.9 Å². The molecule has 1 heterocycles. The van der Waals surface area contributed by atoms with Crippen LogP contribution < -0.4 is 0 Å². The van der Waals surface area contributed by atoms with Crippen molar-refractivity contribution >= 4 is 5.97 Å². The third kappa shape index (κ3) is 1.96. The summed E-state index contributed by atoms with van der Waals surface area (Å²) in [7, 11) is 0. The van der Waals surface area contributed by atoms with Crippen LogP contribution in [0.15, 0.2) is 18.2 Å². The first kappa shape index (κ1) is 14.1. The number of rotatable bonds is 4. The lowest BCUT2D eigenvalue weighted by molar-refractivity contribution is -0.149. The van der Waals surface area contributed by atoms with Gasteiger partial charge in [-0.3, -0.25) is 0 Å². The van der Waals surface area contributed by atoms with E-state index in [1.165, 1.54) is 5.56 Å². The molecule has 19 heavy (non-hydrogen) atoms. The first-order valence-electron chi connectivity index (χ1n) is 6.86. The zero-order valence-electron chi connectivity index (χ0n) is 12.4. The van der Waals surface area contributed by atoms with Gasteiger partial charge >= 0.3 is 5.97 Å². The third-order valence-electron chi connectivity index (χ3n) is 4.12. The largest absolute Gasteiger partial charge is 0.464 e.